The average molecular weight is 193 g/mol. The molecule has 0 aromatic heterocycles. The quantitative estimate of drug-likeness (QED) is 0.688. The second kappa shape index (κ2) is 6.42. The molecule has 1 aromatic carbocycles. The highest BCUT2D eigenvalue weighted by Crippen LogP contribution is 1.96. The molecule has 0 aliphatic carbocycles. The lowest BCUT2D eigenvalue weighted by Gasteiger charge is -1.88. The summed E-state index contributed by atoms with van der Waals surface area (Å²) in [6.07, 6.45) is 1.06. The Hall–Kier alpha value is -2.10. The molecule has 0 radical (unpaired) electrons. The molecule has 4 heteroatoms. The van der Waals surface area contributed by atoms with E-state index < -0.39 is 11.9 Å². The van der Waals surface area contributed by atoms with Gasteiger partial charge in [0.25, 0.3) is 0 Å². The number of carbonyl (C=O) groups excluding carboxylic acids is 1. The van der Waals surface area contributed by atoms with E-state index in [4.69, 9.17) is 5.11 Å². The first-order valence-corrected chi connectivity index (χ1v) is 3.78. The van der Waals surface area contributed by atoms with Crippen molar-refractivity contribution in [2.75, 3.05) is 0 Å². The molecule has 0 aliphatic rings. The Labute approximate surface area is 81.7 Å². The summed E-state index contributed by atoms with van der Waals surface area (Å²) in [5, 5.41) is 8.38. The predicted octanol–water partition coefficient (Wildman–Crippen LogP) is 1.04. The van der Waals surface area contributed by atoms with E-state index in [9.17, 15) is 9.59 Å². The molecule has 0 atom stereocenters. The van der Waals surface area contributed by atoms with Crippen LogP contribution in [0.2, 0.25) is 0 Å². The van der Waals surface area contributed by atoms with Crippen LogP contribution >= 0.6 is 0 Å². The van der Waals surface area contributed by atoms with Gasteiger partial charge in [-0.15, -0.1) is 0 Å². The summed E-state index contributed by atoms with van der Waals surface area (Å²) < 4.78 is 0. The minimum Gasteiger partial charge on any atom is -0.478 e. The maximum absolute atomic E-state index is 10.2. The second-order valence-electron chi connectivity index (χ2n) is 2.28. The molecule has 74 valence electrons. The summed E-state index contributed by atoms with van der Waals surface area (Å²) in [7, 11) is 0. The van der Waals surface area contributed by atoms with E-state index in [1.54, 1.807) is 30.3 Å². The summed E-state index contributed by atoms with van der Waals surface area (Å²) in [6.45, 7) is 3.09. The number of carboxylic acids is 1. The molecule has 1 aromatic rings. The Kier molecular flexibility index (Phi) is 5.46. The number of nitrogens with two attached hydrogens (primary N) is 1. The van der Waals surface area contributed by atoms with E-state index >= 15 is 0 Å². The Bertz CT molecular complexity index is 319. The average Bonchev–Trinajstić information content (AvgIpc) is 2.20. The van der Waals surface area contributed by atoms with Crippen LogP contribution in [0.3, 0.4) is 0 Å². The van der Waals surface area contributed by atoms with Gasteiger partial charge in [-0.2, -0.15) is 0 Å². The number of aromatic carboxylic acids is 1. The van der Waals surface area contributed by atoms with Gasteiger partial charge in [0.05, 0.1) is 5.56 Å². The van der Waals surface area contributed by atoms with Crippen LogP contribution in [0.1, 0.15) is 10.4 Å². The highest BCUT2D eigenvalue weighted by Gasteiger charge is 1.96. The number of rotatable bonds is 2. The molecule has 0 bridgehead atoms. The first-order valence-electron chi connectivity index (χ1n) is 3.78. The second-order valence-corrected chi connectivity index (χ2v) is 2.28. The van der Waals surface area contributed by atoms with E-state index in [2.05, 4.69) is 12.3 Å². The molecule has 0 saturated carbocycles. The normalized spacial score (nSPS) is 8.00. The van der Waals surface area contributed by atoms with Crippen LogP contribution in [0.4, 0.5) is 0 Å². The van der Waals surface area contributed by atoms with Crippen LogP contribution in [0, 0.1) is 0 Å². The first kappa shape index (κ1) is 11.9. The van der Waals surface area contributed by atoms with Crippen molar-refractivity contribution in [1.82, 2.24) is 0 Å². The van der Waals surface area contributed by atoms with Crippen molar-refractivity contribution >= 4 is 11.9 Å². The summed E-state index contributed by atoms with van der Waals surface area (Å²) in [5.41, 5.74) is 4.87. The number of benzene rings is 1. The van der Waals surface area contributed by atoms with Crippen molar-refractivity contribution in [2.45, 2.75) is 0 Å². The van der Waals surface area contributed by atoms with E-state index in [1.807, 2.05) is 0 Å². The van der Waals surface area contributed by atoms with Gasteiger partial charge in [-0.05, 0) is 18.2 Å². The van der Waals surface area contributed by atoms with Crippen molar-refractivity contribution in [1.29, 1.82) is 0 Å². The molecule has 0 heterocycles. The number of carboxylic acid groups (broad SMARTS) is 1. The lowest BCUT2D eigenvalue weighted by Crippen LogP contribution is -2.04. The molecule has 0 spiro atoms. The Morgan fingerprint density at radius 1 is 1.29 bits per heavy atom. The van der Waals surface area contributed by atoms with Gasteiger partial charge in [-0.1, -0.05) is 24.8 Å². The fraction of sp³-hybridized carbons (Fsp3) is 0. The van der Waals surface area contributed by atoms with Crippen molar-refractivity contribution < 1.29 is 14.7 Å². The lowest BCUT2D eigenvalue weighted by molar-refractivity contribution is -0.113. The van der Waals surface area contributed by atoms with Crippen LogP contribution in [0.25, 0.3) is 0 Å². The molecule has 4 nitrogen and oxygen atoms in total. The fourth-order valence-corrected chi connectivity index (χ4v) is 0.581. The number of primary amides is 1. The summed E-state index contributed by atoms with van der Waals surface area (Å²) >= 11 is 0. The Morgan fingerprint density at radius 3 is 1.93 bits per heavy atom. The molecule has 0 unspecified atom stereocenters. The molecule has 0 fully saturated rings. The molecule has 14 heavy (non-hydrogen) atoms. The third kappa shape index (κ3) is 5.54. The van der Waals surface area contributed by atoms with Gasteiger partial charge in [0.15, 0.2) is 0 Å². The molecule has 1 amide bonds. The van der Waals surface area contributed by atoms with Gasteiger partial charge in [0, 0.05) is 0 Å². The fourth-order valence-electron chi connectivity index (χ4n) is 0.581. The van der Waals surface area contributed by atoms with Gasteiger partial charge < -0.3 is 10.8 Å². The van der Waals surface area contributed by atoms with E-state index in [0.29, 0.717) is 5.56 Å². The van der Waals surface area contributed by atoms with E-state index in [-0.39, 0.29) is 0 Å². The molecular formula is C10H11NO3. The molecule has 0 aliphatic heterocycles. The topological polar surface area (TPSA) is 80.4 Å². The van der Waals surface area contributed by atoms with Crippen molar-refractivity contribution in [3.8, 4) is 0 Å². The summed E-state index contributed by atoms with van der Waals surface area (Å²) in [4.78, 5) is 19.7. The summed E-state index contributed by atoms with van der Waals surface area (Å²) in [6, 6.07) is 8.30. The maximum atomic E-state index is 10.2. The molecule has 0 saturated heterocycles. The molecule has 1 rings (SSSR count). The minimum absolute atomic E-state index is 0.331. The van der Waals surface area contributed by atoms with Gasteiger partial charge in [-0.25, -0.2) is 4.79 Å². The van der Waals surface area contributed by atoms with Crippen molar-refractivity contribution in [3.63, 3.8) is 0 Å². The smallest absolute Gasteiger partial charge is 0.335 e. The third-order valence-electron chi connectivity index (χ3n) is 1.22. The van der Waals surface area contributed by atoms with Crippen LogP contribution in [0.15, 0.2) is 43.0 Å². The van der Waals surface area contributed by atoms with Gasteiger partial charge in [-0.3, -0.25) is 4.79 Å². The Morgan fingerprint density at radius 2 is 1.71 bits per heavy atom. The SMILES string of the molecule is C=CC(N)=O.O=C(O)c1ccccc1. The van der Waals surface area contributed by atoms with Crippen molar-refractivity contribution in [3.05, 3.63) is 48.6 Å². The van der Waals surface area contributed by atoms with E-state index in [1.165, 1.54) is 0 Å². The monoisotopic (exact) mass is 193 g/mol. The van der Waals surface area contributed by atoms with Gasteiger partial charge >= 0.3 is 5.97 Å². The predicted molar refractivity (Wildman–Crippen MR) is 52.8 cm³/mol. The van der Waals surface area contributed by atoms with Crippen LogP contribution in [-0.2, 0) is 4.79 Å². The van der Waals surface area contributed by atoms with Crippen LogP contribution < -0.4 is 5.73 Å². The first-order chi connectivity index (χ1) is 6.57. The van der Waals surface area contributed by atoms with E-state index in [0.717, 1.165) is 6.08 Å². The Balaban J connectivity index is 0.000000292. The zero-order valence-electron chi connectivity index (χ0n) is 7.51. The maximum Gasteiger partial charge on any atom is 0.335 e. The minimum atomic E-state index is -0.879. The highest BCUT2D eigenvalue weighted by atomic mass is 16.4. The van der Waals surface area contributed by atoms with Crippen LogP contribution in [0.5, 0.6) is 0 Å². The van der Waals surface area contributed by atoms with Gasteiger partial charge in [0.2, 0.25) is 5.91 Å². The molecule has 3 N–H and O–H groups in total. The largest absolute Gasteiger partial charge is 0.478 e. The van der Waals surface area contributed by atoms with Gasteiger partial charge in [0.1, 0.15) is 0 Å². The number of amides is 1. The summed E-state index contributed by atoms with van der Waals surface area (Å²) in [5.74, 6) is -1.36. The lowest BCUT2D eigenvalue weighted by atomic mass is 10.2. The third-order valence-corrected chi connectivity index (χ3v) is 1.22. The zero-order valence-corrected chi connectivity index (χ0v) is 7.51. The standard InChI is InChI=1S/C7H6O2.C3H5NO/c8-7(9)6-4-2-1-3-5-6;1-2-3(4)5/h1-5H,(H,8,9);2H,1H2,(H2,4,5). The molecular weight excluding hydrogens is 182 g/mol. The number of hydrogen-bond acceptors (Lipinski definition) is 2. The number of hydrogen-bond donors (Lipinski definition) is 2. The number of carbonyl (C=O) groups is 2. The van der Waals surface area contributed by atoms with Crippen molar-refractivity contribution in [2.24, 2.45) is 5.73 Å². The van der Waals surface area contributed by atoms with Crippen LogP contribution in [-0.4, -0.2) is 17.0 Å². The zero-order chi connectivity index (χ0) is 11.0. The highest BCUT2D eigenvalue weighted by molar-refractivity contribution is 5.87.